The van der Waals surface area contributed by atoms with Crippen LogP contribution in [-0.4, -0.2) is 11.4 Å². The fourth-order valence-electron chi connectivity index (χ4n) is 2.53. The number of rotatable bonds is 5. The molecule has 108 valence electrons. The highest BCUT2D eigenvalue weighted by Gasteiger charge is 2.26. The molecule has 0 bridgehead atoms. The lowest BCUT2D eigenvalue weighted by atomic mass is 9.82. The van der Waals surface area contributed by atoms with Crippen LogP contribution in [0.25, 0.3) is 0 Å². The first-order chi connectivity index (χ1) is 8.57. The highest BCUT2D eigenvalue weighted by molar-refractivity contribution is 7.16. The number of aryl methyl sites for hydroxylation is 1. The Morgan fingerprint density at radius 3 is 2.37 bits per heavy atom. The topological polar surface area (TPSA) is 29.1 Å². The largest absolute Gasteiger partial charge is 0.351 e. The van der Waals surface area contributed by atoms with E-state index in [1.807, 2.05) is 12.1 Å². The highest BCUT2D eigenvalue weighted by Crippen LogP contribution is 2.27. The molecule has 0 spiro atoms. The van der Waals surface area contributed by atoms with Crippen molar-refractivity contribution in [2.24, 2.45) is 5.41 Å². The summed E-state index contributed by atoms with van der Waals surface area (Å²) in [5.74, 6) is 0.110. The molecular weight excluding hydrogens is 278 g/mol. The lowest BCUT2D eigenvalue weighted by Crippen LogP contribution is -2.45. The van der Waals surface area contributed by atoms with E-state index in [4.69, 9.17) is 11.6 Å². The van der Waals surface area contributed by atoms with E-state index in [1.165, 1.54) is 0 Å². The molecule has 1 N–H and O–H groups in total. The summed E-state index contributed by atoms with van der Waals surface area (Å²) in [4.78, 5) is 13.1. The van der Waals surface area contributed by atoms with Crippen LogP contribution < -0.4 is 5.32 Å². The zero-order valence-corrected chi connectivity index (χ0v) is 14.0. The molecular formula is C15H24ClNOS. The molecule has 0 aliphatic rings. The van der Waals surface area contributed by atoms with Crippen molar-refractivity contribution in [2.45, 2.75) is 59.4 Å². The lowest BCUT2D eigenvalue weighted by Gasteiger charge is -2.33. The van der Waals surface area contributed by atoms with Gasteiger partial charge in [0.15, 0.2) is 0 Å². The monoisotopic (exact) mass is 301 g/mol. The summed E-state index contributed by atoms with van der Waals surface area (Å²) in [5.41, 5.74) is 0.0421. The van der Waals surface area contributed by atoms with Gasteiger partial charge in [-0.05, 0) is 44.2 Å². The second-order valence-corrected chi connectivity index (χ2v) is 8.67. The molecule has 0 saturated heterocycles. The Balaban J connectivity index is 2.42. The minimum absolute atomic E-state index is 0.110. The van der Waals surface area contributed by atoms with Gasteiger partial charge in [0, 0.05) is 16.8 Å². The average Bonchev–Trinajstić information content (AvgIpc) is 2.56. The maximum Gasteiger partial charge on any atom is 0.220 e. The first-order valence-electron chi connectivity index (χ1n) is 6.63. The van der Waals surface area contributed by atoms with Crippen LogP contribution in [0.2, 0.25) is 4.34 Å². The van der Waals surface area contributed by atoms with Crippen molar-refractivity contribution in [1.29, 1.82) is 0 Å². The predicted molar refractivity (Wildman–Crippen MR) is 83.9 cm³/mol. The van der Waals surface area contributed by atoms with Crippen LogP contribution in [0.4, 0.5) is 0 Å². The summed E-state index contributed by atoms with van der Waals surface area (Å²) >= 11 is 7.42. The number of carbonyl (C=O) groups excluding carboxylic acids is 1. The normalized spacial score (nSPS) is 12.5. The van der Waals surface area contributed by atoms with E-state index in [0.717, 1.165) is 22.1 Å². The summed E-state index contributed by atoms with van der Waals surface area (Å²) in [5, 5.41) is 3.12. The van der Waals surface area contributed by atoms with Gasteiger partial charge in [-0.1, -0.05) is 32.4 Å². The summed E-state index contributed by atoms with van der Waals surface area (Å²) in [6.07, 6.45) is 2.23. The van der Waals surface area contributed by atoms with Crippen molar-refractivity contribution in [3.05, 3.63) is 21.3 Å². The second kappa shape index (κ2) is 6.27. The van der Waals surface area contributed by atoms with Gasteiger partial charge >= 0.3 is 0 Å². The number of thiophene rings is 1. The predicted octanol–water partition coefficient (Wildman–Crippen LogP) is 4.67. The van der Waals surface area contributed by atoms with Gasteiger partial charge in [-0.2, -0.15) is 0 Å². The van der Waals surface area contributed by atoms with Crippen LogP contribution in [-0.2, 0) is 11.2 Å². The molecule has 19 heavy (non-hydrogen) atoms. The molecule has 4 heteroatoms. The highest BCUT2D eigenvalue weighted by atomic mass is 35.5. The first-order valence-corrected chi connectivity index (χ1v) is 7.82. The second-order valence-electron chi connectivity index (χ2n) is 6.88. The van der Waals surface area contributed by atoms with Crippen molar-refractivity contribution in [2.75, 3.05) is 0 Å². The van der Waals surface area contributed by atoms with Crippen molar-refractivity contribution < 1.29 is 4.79 Å². The van der Waals surface area contributed by atoms with Gasteiger partial charge in [0.1, 0.15) is 0 Å². The zero-order chi connectivity index (χ0) is 14.7. The summed E-state index contributed by atoms with van der Waals surface area (Å²) in [7, 11) is 0. The Morgan fingerprint density at radius 2 is 1.89 bits per heavy atom. The average molecular weight is 302 g/mol. The van der Waals surface area contributed by atoms with E-state index in [2.05, 4.69) is 39.9 Å². The fraction of sp³-hybridized carbons (Fsp3) is 0.667. The Hall–Kier alpha value is -0.540. The van der Waals surface area contributed by atoms with Crippen molar-refractivity contribution in [1.82, 2.24) is 5.32 Å². The third kappa shape index (κ3) is 6.98. The van der Waals surface area contributed by atoms with Crippen LogP contribution in [0.5, 0.6) is 0 Å². The molecule has 2 nitrogen and oxygen atoms in total. The van der Waals surface area contributed by atoms with Gasteiger partial charge < -0.3 is 5.32 Å². The van der Waals surface area contributed by atoms with E-state index in [1.54, 1.807) is 11.3 Å². The molecule has 0 saturated carbocycles. The maximum atomic E-state index is 12.0. The minimum Gasteiger partial charge on any atom is -0.351 e. The number of halogens is 1. The fourth-order valence-corrected chi connectivity index (χ4v) is 3.62. The summed E-state index contributed by atoms with van der Waals surface area (Å²) in [6.45, 7) is 10.7. The smallest absolute Gasteiger partial charge is 0.220 e. The van der Waals surface area contributed by atoms with E-state index >= 15 is 0 Å². The molecule has 0 fully saturated rings. The molecule has 0 radical (unpaired) electrons. The van der Waals surface area contributed by atoms with E-state index in [0.29, 0.717) is 6.42 Å². The molecule has 1 aromatic heterocycles. The molecule has 0 aromatic carbocycles. The third-order valence-corrected chi connectivity index (χ3v) is 3.97. The third-order valence-electron chi connectivity index (χ3n) is 2.68. The van der Waals surface area contributed by atoms with Gasteiger partial charge in [-0.3, -0.25) is 4.79 Å². The molecule has 0 aliphatic carbocycles. The standard InChI is InChI=1S/C15H24ClNOS/c1-14(2,3)10-15(4,5)17-13(18)9-7-11-6-8-12(16)19-11/h6,8H,7,9-10H2,1-5H3,(H,17,18). The SMILES string of the molecule is CC(C)(C)CC(C)(C)NC(=O)CCc1ccc(Cl)s1. The number of amides is 1. The first kappa shape index (κ1) is 16.5. The van der Waals surface area contributed by atoms with Gasteiger partial charge in [0.05, 0.1) is 4.34 Å². The van der Waals surface area contributed by atoms with Crippen LogP contribution in [0.15, 0.2) is 12.1 Å². The van der Waals surface area contributed by atoms with Crippen molar-refractivity contribution >= 4 is 28.8 Å². The lowest BCUT2D eigenvalue weighted by molar-refractivity contribution is -0.122. The van der Waals surface area contributed by atoms with Crippen molar-refractivity contribution in [3.8, 4) is 0 Å². The van der Waals surface area contributed by atoms with Crippen LogP contribution in [0.1, 0.15) is 52.3 Å². The van der Waals surface area contributed by atoms with E-state index in [-0.39, 0.29) is 16.9 Å². The Morgan fingerprint density at radius 1 is 1.26 bits per heavy atom. The van der Waals surface area contributed by atoms with Crippen molar-refractivity contribution in [3.63, 3.8) is 0 Å². The van der Waals surface area contributed by atoms with E-state index < -0.39 is 0 Å². The summed E-state index contributed by atoms with van der Waals surface area (Å²) in [6, 6.07) is 3.86. The van der Waals surface area contributed by atoms with Crippen LogP contribution in [0.3, 0.4) is 0 Å². The zero-order valence-electron chi connectivity index (χ0n) is 12.5. The quantitative estimate of drug-likeness (QED) is 0.841. The molecule has 0 atom stereocenters. The Labute approximate surface area is 125 Å². The molecule has 0 aliphatic heterocycles. The van der Waals surface area contributed by atoms with Crippen LogP contribution >= 0.6 is 22.9 Å². The van der Waals surface area contributed by atoms with Gasteiger partial charge in [0.2, 0.25) is 5.91 Å². The molecule has 1 heterocycles. The van der Waals surface area contributed by atoms with Gasteiger partial charge in [0.25, 0.3) is 0 Å². The number of nitrogens with one attached hydrogen (secondary N) is 1. The van der Waals surface area contributed by atoms with E-state index in [9.17, 15) is 4.79 Å². The summed E-state index contributed by atoms with van der Waals surface area (Å²) < 4.78 is 0.781. The molecule has 0 unspecified atom stereocenters. The minimum atomic E-state index is -0.164. The van der Waals surface area contributed by atoms with Crippen LogP contribution in [0, 0.1) is 5.41 Å². The van der Waals surface area contributed by atoms with Gasteiger partial charge in [-0.15, -0.1) is 11.3 Å². The molecule has 1 amide bonds. The maximum absolute atomic E-state index is 12.0. The number of carbonyl (C=O) groups is 1. The Kier molecular flexibility index (Phi) is 5.45. The number of hydrogen-bond acceptors (Lipinski definition) is 2. The van der Waals surface area contributed by atoms with Gasteiger partial charge in [-0.25, -0.2) is 0 Å². The number of hydrogen-bond donors (Lipinski definition) is 1. The Bertz CT molecular complexity index is 432. The molecule has 1 aromatic rings. The molecule has 1 rings (SSSR count).